The average Bonchev–Trinajstić information content (AvgIpc) is 2.10. The topological polar surface area (TPSA) is 0 Å². The van der Waals surface area contributed by atoms with Gasteiger partial charge in [-0.15, -0.1) is 0 Å². The Balaban J connectivity index is 2.67. The van der Waals surface area contributed by atoms with Gasteiger partial charge in [-0.1, -0.05) is 56.0 Å². The minimum Gasteiger partial charge on any atom is -0.0843 e. The molecule has 0 nitrogen and oxygen atoms in total. The highest BCUT2D eigenvalue weighted by atomic mass is 35.5. The first-order valence-electron chi connectivity index (χ1n) is 5.07. The van der Waals surface area contributed by atoms with E-state index in [0.29, 0.717) is 10.9 Å². The van der Waals surface area contributed by atoms with Crippen molar-refractivity contribution in [2.75, 3.05) is 0 Å². The Morgan fingerprint density at radius 3 is 2.57 bits per heavy atom. The minimum atomic E-state index is 0.693. The van der Waals surface area contributed by atoms with Crippen molar-refractivity contribution < 1.29 is 0 Å². The van der Waals surface area contributed by atoms with Crippen LogP contribution in [0.15, 0.2) is 18.2 Å². The van der Waals surface area contributed by atoms with Gasteiger partial charge in [0.25, 0.3) is 0 Å². The smallest absolute Gasteiger partial charge is 0.0452 e. The third-order valence-electron chi connectivity index (χ3n) is 2.36. The fraction of sp³-hybridized carbons (Fsp3) is 0.500. The van der Waals surface area contributed by atoms with Crippen molar-refractivity contribution in [1.82, 2.24) is 0 Å². The highest BCUT2D eigenvalue weighted by molar-refractivity contribution is 6.35. The number of rotatable bonds is 4. The van der Waals surface area contributed by atoms with Gasteiger partial charge in [-0.05, 0) is 30.0 Å². The molecule has 0 spiro atoms. The molecule has 0 fully saturated rings. The summed E-state index contributed by atoms with van der Waals surface area (Å²) in [5.74, 6) is 0.693. The molecule has 0 aliphatic rings. The lowest BCUT2D eigenvalue weighted by molar-refractivity contribution is 0.522. The summed E-state index contributed by atoms with van der Waals surface area (Å²) < 4.78 is 0. The van der Waals surface area contributed by atoms with Crippen LogP contribution in [0.4, 0.5) is 0 Å². The van der Waals surface area contributed by atoms with Gasteiger partial charge >= 0.3 is 0 Å². The molecular weight excluding hydrogens is 215 g/mol. The lowest BCUT2D eigenvalue weighted by atomic mass is 9.97. The van der Waals surface area contributed by atoms with Gasteiger partial charge < -0.3 is 0 Å². The van der Waals surface area contributed by atoms with Crippen molar-refractivity contribution in [1.29, 1.82) is 0 Å². The fourth-order valence-corrected chi connectivity index (χ4v) is 2.14. The quantitative estimate of drug-likeness (QED) is 0.686. The normalized spacial score (nSPS) is 12.9. The molecule has 1 rings (SSSR count). The molecule has 78 valence electrons. The van der Waals surface area contributed by atoms with E-state index in [4.69, 9.17) is 23.2 Å². The molecule has 0 aromatic heterocycles. The van der Waals surface area contributed by atoms with E-state index in [0.717, 1.165) is 11.4 Å². The number of hydrogen-bond acceptors (Lipinski definition) is 0. The zero-order chi connectivity index (χ0) is 10.6. The maximum Gasteiger partial charge on any atom is 0.0452 e. The number of benzene rings is 1. The number of halogens is 2. The maximum atomic E-state index is 6.09. The molecule has 0 radical (unpaired) electrons. The Kier molecular flexibility index (Phi) is 4.77. The molecule has 0 amide bonds. The predicted octanol–water partition coefficient (Wildman–Crippen LogP) is 4.97. The van der Waals surface area contributed by atoms with Crippen LogP contribution in [-0.4, -0.2) is 0 Å². The molecular formula is C12H16Cl2. The molecule has 0 N–H and O–H groups in total. The Morgan fingerprint density at radius 2 is 2.00 bits per heavy atom. The van der Waals surface area contributed by atoms with Gasteiger partial charge in [0.1, 0.15) is 0 Å². The van der Waals surface area contributed by atoms with Crippen LogP contribution in [-0.2, 0) is 6.42 Å². The van der Waals surface area contributed by atoms with E-state index in [2.05, 4.69) is 13.8 Å². The van der Waals surface area contributed by atoms with Crippen LogP contribution >= 0.6 is 23.2 Å². The summed E-state index contributed by atoms with van der Waals surface area (Å²) in [7, 11) is 0. The van der Waals surface area contributed by atoms with Crippen molar-refractivity contribution in [2.24, 2.45) is 5.92 Å². The molecule has 1 atom stereocenters. The molecule has 2 heteroatoms. The Bertz CT molecular complexity index is 294. The van der Waals surface area contributed by atoms with Gasteiger partial charge in [0, 0.05) is 10.0 Å². The van der Waals surface area contributed by atoms with Crippen LogP contribution in [0.2, 0.25) is 10.0 Å². The molecule has 0 saturated carbocycles. The van der Waals surface area contributed by atoms with E-state index in [-0.39, 0.29) is 0 Å². The first-order chi connectivity index (χ1) is 6.63. The van der Waals surface area contributed by atoms with E-state index >= 15 is 0 Å². The maximum absolute atomic E-state index is 6.09. The van der Waals surface area contributed by atoms with Gasteiger partial charge in [-0.2, -0.15) is 0 Å². The molecule has 0 aliphatic heterocycles. The first-order valence-corrected chi connectivity index (χ1v) is 5.83. The minimum absolute atomic E-state index is 0.693. The van der Waals surface area contributed by atoms with Gasteiger partial charge in [0.2, 0.25) is 0 Å². The Labute approximate surface area is 96.2 Å². The highest BCUT2D eigenvalue weighted by Crippen LogP contribution is 2.24. The van der Waals surface area contributed by atoms with E-state index in [1.807, 2.05) is 18.2 Å². The van der Waals surface area contributed by atoms with Crippen LogP contribution in [0, 0.1) is 5.92 Å². The van der Waals surface area contributed by atoms with Gasteiger partial charge in [0.05, 0.1) is 0 Å². The number of hydrogen-bond donors (Lipinski definition) is 0. The second-order valence-corrected chi connectivity index (χ2v) is 4.68. The van der Waals surface area contributed by atoms with Crippen molar-refractivity contribution in [3.8, 4) is 0 Å². The van der Waals surface area contributed by atoms with Crippen LogP contribution in [0.3, 0.4) is 0 Å². The molecule has 0 heterocycles. The molecule has 14 heavy (non-hydrogen) atoms. The van der Waals surface area contributed by atoms with E-state index < -0.39 is 0 Å². The third kappa shape index (κ3) is 3.51. The Morgan fingerprint density at radius 1 is 1.29 bits per heavy atom. The largest absolute Gasteiger partial charge is 0.0843 e. The lowest BCUT2D eigenvalue weighted by Crippen LogP contribution is -1.99. The third-order valence-corrected chi connectivity index (χ3v) is 2.95. The standard InChI is InChI=1S/C12H16Cl2/c1-3-4-9(2)7-10-5-6-11(13)8-12(10)14/h5-6,8-9H,3-4,7H2,1-2H3. The highest BCUT2D eigenvalue weighted by Gasteiger charge is 2.06. The SMILES string of the molecule is CCCC(C)Cc1ccc(Cl)cc1Cl. The second-order valence-electron chi connectivity index (χ2n) is 3.83. The molecule has 1 unspecified atom stereocenters. The molecule has 0 aliphatic carbocycles. The second kappa shape index (κ2) is 5.63. The zero-order valence-corrected chi connectivity index (χ0v) is 10.2. The van der Waals surface area contributed by atoms with Crippen molar-refractivity contribution >= 4 is 23.2 Å². The molecule has 1 aromatic rings. The van der Waals surface area contributed by atoms with Gasteiger partial charge in [-0.3, -0.25) is 0 Å². The van der Waals surface area contributed by atoms with E-state index in [1.165, 1.54) is 18.4 Å². The summed E-state index contributed by atoms with van der Waals surface area (Å²) in [6.45, 7) is 4.47. The monoisotopic (exact) mass is 230 g/mol. The van der Waals surface area contributed by atoms with Gasteiger partial charge in [0.15, 0.2) is 0 Å². The van der Waals surface area contributed by atoms with Crippen LogP contribution in [0.25, 0.3) is 0 Å². The van der Waals surface area contributed by atoms with Crippen LogP contribution in [0.5, 0.6) is 0 Å². The summed E-state index contributed by atoms with van der Waals surface area (Å²) >= 11 is 11.9. The summed E-state index contributed by atoms with van der Waals surface area (Å²) in [6.07, 6.45) is 3.52. The van der Waals surface area contributed by atoms with E-state index in [1.54, 1.807) is 0 Å². The average molecular weight is 231 g/mol. The summed E-state index contributed by atoms with van der Waals surface area (Å²) in [6, 6.07) is 5.75. The summed E-state index contributed by atoms with van der Waals surface area (Å²) in [5.41, 5.74) is 1.21. The lowest BCUT2D eigenvalue weighted by Gasteiger charge is -2.11. The van der Waals surface area contributed by atoms with Crippen molar-refractivity contribution in [2.45, 2.75) is 33.1 Å². The summed E-state index contributed by atoms with van der Waals surface area (Å²) in [5, 5.41) is 1.50. The van der Waals surface area contributed by atoms with Crippen LogP contribution in [0.1, 0.15) is 32.3 Å². The zero-order valence-electron chi connectivity index (χ0n) is 8.69. The van der Waals surface area contributed by atoms with Crippen molar-refractivity contribution in [3.63, 3.8) is 0 Å². The molecule has 1 aromatic carbocycles. The van der Waals surface area contributed by atoms with Crippen LogP contribution < -0.4 is 0 Å². The molecule has 0 saturated heterocycles. The predicted molar refractivity (Wildman–Crippen MR) is 64.2 cm³/mol. The van der Waals surface area contributed by atoms with Crippen molar-refractivity contribution in [3.05, 3.63) is 33.8 Å². The molecule has 0 bridgehead atoms. The van der Waals surface area contributed by atoms with Gasteiger partial charge in [-0.25, -0.2) is 0 Å². The Hall–Kier alpha value is -0.200. The van der Waals surface area contributed by atoms with E-state index in [9.17, 15) is 0 Å². The fourth-order valence-electron chi connectivity index (χ4n) is 1.66. The summed E-state index contributed by atoms with van der Waals surface area (Å²) in [4.78, 5) is 0. The first kappa shape index (κ1) is 11.9.